The van der Waals surface area contributed by atoms with E-state index in [-0.39, 0.29) is 12.1 Å². The van der Waals surface area contributed by atoms with Gasteiger partial charge in [0.15, 0.2) is 0 Å². The molecular formula is C14H20N2O. The molecule has 3 nitrogen and oxygen atoms in total. The molecule has 1 aromatic rings. The van der Waals surface area contributed by atoms with E-state index in [4.69, 9.17) is 0 Å². The van der Waals surface area contributed by atoms with Crippen molar-refractivity contribution in [2.45, 2.75) is 32.9 Å². The summed E-state index contributed by atoms with van der Waals surface area (Å²) in [5.74, 6) is 0.205. The van der Waals surface area contributed by atoms with Crippen LogP contribution in [0.15, 0.2) is 24.3 Å². The second kappa shape index (κ2) is 5.32. The Labute approximate surface area is 103 Å². The lowest BCUT2D eigenvalue weighted by atomic mass is 10.1. The summed E-state index contributed by atoms with van der Waals surface area (Å²) in [5.41, 5.74) is 2.52. The van der Waals surface area contributed by atoms with E-state index in [1.807, 2.05) is 4.90 Å². The van der Waals surface area contributed by atoms with Crippen molar-refractivity contribution in [3.63, 3.8) is 0 Å². The van der Waals surface area contributed by atoms with Crippen molar-refractivity contribution in [3.8, 4) is 0 Å². The number of carbonyl (C=O) groups excluding carboxylic acids is 1. The van der Waals surface area contributed by atoms with E-state index in [2.05, 4.69) is 43.4 Å². The molecule has 2 rings (SSSR count). The largest absolute Gasteiger partial charge is 0.322 e. The molecule has 3 heteroatoms. The highest BCUT2D eigenvalue weighted by molar-refractivity contribution is 5.80. The first-order valence-corrected chi connectivity index (χ1v) is 6.38. The minimum Gasteiger partial charge on any atom is -0.322 e. The normalized spacial score (nSPS) is 20.0. The summed E-state index contributed by atoms with van der Waals surface area (Å²) in [5, 5.41) is 3.27. The predicted octanol–water partition coefficient (Wildman–Crippen LogP) is 2.09. The van der Waals surface area contributed by atoms with Crippen LogP contribution in [-0.2, 0) is 11.2 Å². The topological polar surface area (TPSA) is 32.3 Å². The number of hydrogen-bond donors (Lipinski definition) is 1. The average molecular weight is 232 g/mol. The van der Waals surface area contributed by atoms with Gasteiger partial charge in [0.25, 0.3) is 0 Å². The third-order valence-electron chi connectivity index (χ3n) is 3.25. The molecule has 1 amide bonds. The van der Waals surface area contributed by atoms with Gasteiger partial charge in [0.2, 0.25) is 5.91 Å². The number of amides is 1. The average Bonchev–Trinajstić information content (AvgIpc) is 2.72. The predicted molar refractivity (Wildman–Crippen MR) is 68.6 cm³/mol. The smallest absolute Gasteiger partial charge is 0.238 e. The van der Waals surface area contributed by atoms with Crippen LogP contribution in [0.1, 0.15) is 37.6 Å². The molecule has 92 valence electrons. The van der Waals surface area contributed by atoms with Gasteiger partial charge < -0.3 is 4.90 Å². The van der Waals surface area contributed by atoms with Crippen molar-refractivity contribution in [2.75, 3.05) is 13.1 Å². The molecule has 1 aliphatic rings. The van der Waals surface area contributed by atoms with Crippen molar-refractivity contribution < 1.29 is 4.79 Å². The first-order chi connectivity index (χ1) is 8.26. The Hall–Kier alpha value is -1.35. The van der Waals surface area contributed by atoms with Crippen molar-refractivity contribution in [1.29, 1.82) is 0 Å². The number of aryl methyl sites for hydroxylation is 1. The van der Waals surface area contributed by atoms with Gasteiger partial charge in [-0.3, -0.25) is 10.1 Å². The highest BCUT2D eigenvalue weighted by Crippen LogP contribution is 2.22. The lowest BCUT2D eigenvalue weighted by Crippen LogP contribution is -2.30. The van der Waals surface area contributed by atoms with Gasteiger partial charge in [0.05, 0.1) is 6.54 Å². The van der Waals surface area contributed by atoms with Crippen molar-refractivity contribution in [1.82, 2.24) is 10.2 Å². The lowest BCUT2D eigenvalue weighted by molar-refractivity contribution is -0.128. The SMILES string of the molecule is CCCN1C(=O)CNC1c1ccc(CC)cc1. The van der Waals surface area contributed by atoms with Crippen LogP contribution in [0.2, 0.25) is 0 Å². The molecule has 0 saturated carbocycles. The molecule has 1 aliphatic heterocycles. The Balaban J connectivity index is 2.17. The van der Waals surface area contributed by atoms with E-state index in [0.29, 0.717) is 6.54 Å². The van der Waals surface area contributed by atoms with Gasteiger partial charge in [0, 0.05) is 6.54 Å². The van der Waals surface area contributed by atoms with Crippen LogP contribution >= 0.6 is 0 Å². The number of carbonyl (C=O) groups is 1. The third kappa shape index (κ3) is 2.50. The van der Waals surface area contributed by atoms with Crippen LogP contribution in [0.4, 0.5) is 0 Å². The molecule has 0 radical (unpaired) electrons. The minimum absolute atomic E-state index is 0.0633. The Morgan fingerprint density at radius 2 is 2.00 bits per heavy atom. The van der Waals surface area contributed by atoms with E-state index in [1.165, 1.54) is 11.1 Å². The highest BCUT2D eigenvalue weighted by atomic mass is 16.2. The highest BCUT2D eigenvalue weighted by Gasteiger charge is 2.30. The molecule has 1 heterocycles. The van der Waals surface area contributed by atoms with E-state index >= 15 is 0 Å². The molecular weight excluding hydrogens is 212 g/mol. The third-order valence-corrected chi connectivity index (χ3v) is 3.25. The maximum Gasteiger partial charge on any atom is 0.238 e. The summed E-state index contributed by atoms with van der Waals surface area (Å²) < 4.78 is 0. The quantitative estimate of drug-likeness (QED) is 0.862. The molecule has 0 aromatic heterocycles. The molecule has 0 spiro atoms. The molecule has 1 unspecified atom stereocenters. The van der Waals surface area contributed by atoms with Crippen LogP contribution in [0.25, 0.3) is 0 Å². The van der Waals surface area contributed by atoms with Gasteiger partial charge in [-0.1, -0.05) is 38.1 Å². The summed E-state index contributed by atoms with van der Waals surface area (Å²) >= 11 is 0. The monoisotopic (exact) mass is 232 g/mol. The van der Waals surface area contributed by atoms with Gasteiger partial charge in [-0.25, -0.2) is 0 Å². The summed E-state index contributed by atoms with van der Waals surface area (Å²) in [6.45, 7) is 5.53. The zero-order chi connectivity index (χ0) is 12.3. The van der Waals surface area contributed by atoms with E-state index in [9.17, 15) is 4.79 Å². The fraction of sp³-hybridized carbons (Fsp3) is 0.500. The second-order valence-electron chi connectivity index (χ2n) is 4.47. The standard InChI is InChI=1S/C14H20N2O/c1-3-9-16-13(17)10-15-14(16)12-7-5-11(4-2)6-8-12/h5-8,14-15H,3-4,9-10H2,1-2H3. The van der Waals surface area contributed by atoms with Crippen LogP contribution in [0.3, 0.4) is 0 Å². The zero-order valence-corrected chi connectivity index (χ0v) is 10.6. The lowest BCUT2D eigenvalue weighted by Gasteiger charge is -2.24. The Bertz CT molecular complexity index is 386. The minimum atomic E-state index is 0.0633. The Morgan fingerprint density at radius 1 is 1.29 bits per heavy atom. The molecule has 1 aromatic carbocycles. The Kier molecular flexibility index (Phi) is 3.79. The van der Waals surface area contributed by atoms with Crippen LogP contribution in [0.5, 0.6) is 0 Å². The first kappa shape index (κ1) is 12.1. The first-order valence-electron chi connectivity index (χ1n) is 6.38. The Morgan fingerprint density at radius 3 is 2.59 bits per heavy atom. The second-order valence-corrected chi connectivity index (χ2v) is 4.47. The number of nitrogens with zero attached hydrogens (tertiary/aromatic N) is 1. The van der Waals surface area contributed by atoms with Gasteiger partial charge in [-0.2, -0.15) is 0 Å². The number of nitrogens with one attached hydrogen (secondary N) is 1. The number of rotatable bonds is 4. The van der Waals surface area contributed by atoms with E-state index in [0.717, 1.165) is 19.4 Å². The molecule has 1 atom stereocenters. The molecule has 0 aliphatic carbocycles. The number of hydrogen-bond acceptors (Lipinski definition) is 2. The summed E-state index contributed by atoms with van der Waals surface area (Å²) in [6.07, 6.45) is 2.11. The maximum absolute atomic E-state index is 11.7. The molecule has 1 saturated heterocycles. The summed E-state index contributed by atoms with van der Waals surface area (Å²) in [7, 11) is 0. The fourth-order valence-corrected chi connectivity index (χ4v) is 2.27. The van der Waals surface area contributed by atoms with Crippen LogP contribution in [0, 0.1) is 0 Å². The summed E-state index contributed by atoms with van der Waals surface area (Å²) in [6, 6.07) is 8.53. The van der Waals surface area contributed by atoms with Gasteiger partial charge in [-0.15, -0.1) is 0 Å². The van der Waals surface area contributed by atoms with Crippen LogP contribution < -0.4 is 5.32 Å². The molecule has 17 heavy (non-hydrogen) atoms. The van der Waals surface area contributed by atoms with E-state index < -0.39 is 0 Å². The van der Waals surface area contributed by atoms with E-state index in [1.54, 1.807) is 0 Å². The zero-order valence-electron chi connectivity index (χ0n) is 10.6. The maximum atomic E-state index is 11.7. The van der Waals surface area contributed by atoms with Gasteiger partial charge in [0.1, 0.15) is 6.17 Å². The van der Waals surface area contributed by atoms with Crippen molar-refractivity contribution in [2.24, 2.45) is 0 Å². The molecule has 0 bridgehead atoms. The van der Waals surface area contributed by atoms with Gasteiger partial charge in [-0.05, 0) is 24.0 Å². The van der Waals surface area contributed by atoms with Crippen molar-refractivity contribution >= 4 is 5.91 Å². The van der Waals surface area contributed by atoms with Gasteiger partial charge >= 0.3 is 0 Å². The van der Waals surface area contributed by atoms with Crippen LogP contribution in [-0.4, -0.2) is 23.9 Å². The summed E-state index contributed by atoms with van der Waals surface area (Å²) in [4.78, 5) is 13.7. The van der Waals surface area contributed by atoms with Crippen molar-refractivity contribution in [3.05, 3.63) is 35.4 Å². The number of benzene rings is 1. The molecule has 1 fully saturated rings. The molecule has 1 N–H and O–H groups in total. The fourth-order valence-electron chi connectivity index (χ4n) is 2.27.